The summed E-state index contributed by atoms with van der Waals surface area (Å²) >= 11 is 0. The zero-order valence-electron chi connectivity index (χ0n) is 17.5. The lowest BCUT2D eigenvalue weighted by Gasteiger charge is -2.18. The number of benzene rings is 3. The second kappa shape index (κ2) is 9.74. The van der Waals surface area contributed by atoms with Gasteiger partial charge in [-0.05, 0) is 61.9 Å². The van der Waals surface area contributed by atoms with Crippen LogP contribution in [-0.4, -0.2) is 25.0 Å². The van der Waals surface area contributed by atoms with Crippen molar-refractivity contribution in [3.63, 3.8) is 0 Å². The molecule has 3 rings (SSSR count). The third kappa shape index (κ3) is 5.26. The summed E-state index contributed by atoms with van der Waals surface area (Å²) in [6.45, 7) is 3.90. The number of nitrogens with one attached hydrogen (secondary N) is 1. The van der Waals surface area contributed by atoms with Gasteiger partial charge in [-0.15, -0.1) is 0 Å². The maximum Gasteiger partial charge on any atom is 0.265 e. The van der Waals surface area contributed by atoms with Crippen LogP contribution in [0.2, 0.25) is 0 Å². The van der Waals surface area contributed by atoms with Crippen molar-refractivity contribution in [1.29, 1.82) is 0 Å². The van der Waals surface area contributed by atoms with Crippen molar-refractivity contribution in [2.75, 3.05) is 17.3 Å². The molecule has 2 amide bonds. The lowest BCUT2D eigenvalue weighted by molar-refractivity contribution is -0.122. The molecule has 5 nitrogen and oxygen atoms in total. The number of carbonyl (C=O) groups is 2. The molecule has 0 aliphatic rings. The first-order chi connectivity index (χ1) is 14.5. The molecule has 5 heteroatoms. The van der Waals surface area contributed by atoms with Crippen LogP contribution in [0, 0.1) is 6.92 Å². The summed E-state index contributed by atoms with van der Waals surface area (Å²) in [5.74, 6) is 0.319. The Balaban J connectivity index is 1.63. The van der Waals surface area contributed by atoms with E-state index in [1.165, 1.54) is 0 Å². The molecule has 0 aliphatic carbocycles. The molecule has 30 heavy (non-hydrogen) atoms. The molecular formula is C25H26N2O3. The lowest BCUT2D eigenvalue weighted by atomic mass is 10.1. The molecule has 0 bridgehead atoms. The Morgan fingerprint density at radius 2 is 1.57 bits per heavy atom. The molecule has 0 heterocycles. The normalized spacial score (nSPS) is 11.4. The Hall–Kier alpha value is -3.60. The highest BCUT2D eigenvalue weighted by molar-refractivity contribution is 6.06. The summed E-state index contributed by atoms with van der Waals surface area (Å²) in [7, 11) is 1.74. The van der Waals surface area contributed by atoms with Crippen molar-refractivity contribution in [3.8, 4) is 5.75 Å². The van der Waals surface area contributed by atoms with Gasteiger partial charge in [-0.25, -0.2) is 0 Å². The van der Waals surface area contributed by atoms with Crippen LogP contribution in [0.15, 0.2) is 78.9 Å². The van der Waals surface area contributed by atoms with Gasteiger partial charge in [0.15, 0.2) is 6.10 Å². The number of anilines is 2. The fourth-order valence-corrected chi connectivity index (χ4v) is 2.98. The van der Waals surface area contributed by atoms with Crippen LogP contribution in [0.25, 0.3) is 0 Å². The number of para-hydroxylation sites is 1. The first-order valence-corrected chi connectivity index (χ1v) is 9.95. The summed E-state index contributed by atoms with van der Waals surface area (Å²) in [5, 5.41) is 2.86. The van der Waals surface area contributed by atoms with E-state index in [1.807, 2.05) is 68.4 Å². The molecule has 0 radical (unpaired) electrons. The van der Waals surface area contributed by atoms with E-state index < -0.39 is 6.10 Å². The minimum absolute atomic E-state index is 0.117. The summed E-state index contributed by atoms with van der Waals surface area (Å²) in [6, 6.07) is 23.9. The minimum atomic E-state index is -0.599. The van der Waals surface area contributed by atoms with Gasteiger partial charge in [0.2, 0.25) is 0 Å². The van der Waals surface area contributed by atoms with Gasteiger partial charge in [0.25, 0.3) is 11.8 Å². The van der Waals surface area contributed by atoms with Gasteiger partial charge in [-0.2, -0.15) is 0 Å². The van der Waals surface area contributed by atoms with Gasteiger partial charge in [0.1, 0.15) is 5.75 Å². The molecule has 0 fully saturated rings. The van der Waals surface area contributed by atoms with E-state index in [1.54, 1.807) is 36.2 Å². The highest BCUT2D eigenvalue weighted by atomic mass is 16.5. The molecule has 1 atom stereocenters. The fourth-order valence-electron chi connectivity index (χ4n) is 2.98. The summed E-state index contributed by atoms with van der Waals surface area (Å²) in [5.41, 5.74) is 3.11. The Morgan fingerprint density at radius 3 is 2.17 bits per heavy atom. The molecule has 0 aromatic heterocycles. The lowest BCUT2D eigenvalue weighted by Crippen LogP contribution is -2.32. The Morgan fingerprint density at radius 1 is 0.933 bits per heavy atom. The van der Waals surface area contributed by atoms with Crippen LogP contribution in [-0.2, 0) is 4.79 Å². The van der Waals surface area contributed by atoms with Gasteiger partial charge >= 0.3 is 0 Å². The third-order valence-corrected chi connectivity index (χ3v) is 4.81. The average Bonchev–Trinajstić information content (AvgIpc) is 2.78. The largest absolute Gasteiger partial charge is 0.481 e. The van der Waals surface area contributed by atoms with Crippen LogP contribution >= 0.6 is 0 Å². The molecule has 0 saturated carbocycles. The zero-order chi connectivity index (χ0) is 21.5. The summed E-state index contributed by atoms with van der Waals surface area (Å²) in [6.07, 6.45) is -0.0590. The average molecular weight is 402 g/mol. The SMILES string of the molecule is CCC(Oc1ccc(C)cc1)C(=O)Nc1ccc(C(=O)N(C)c2ccccc2)cc1. The molecule has 0 spiro atoms. The van der Waals surface area contributed by atoms with E-state index in [0.717, 1.165) is 11.3 Å². The maximum absolute atomic E-state index is 12.7. The van der Waals surface area contributed by atoms with Crippen molar-refractivity contribution in [1.82, 2.24) is 0 Å². The van der Waals surface area contributed by atoms with Crippen LogP contribution in [0.1, 0.15) is 29.3 Å². The van der Waals surface area contributed by atoms with Crippen molar-refractivity contribution in [3.05, 3.63) is 90.0 Å². The molecule has 0 aliphatic heterocycles. The molecule has 1 unspecified atom stereocenters. The van der Waals surface area contributed by atoms with E-state index in [9.17, 15) is 9.59 Å². The molecule has 1 N–H and O–H groups in total. The van der Waals surface area contributed by atoms with Gasteiger partial charge in [0.05, 0.1) is 0 Å². The van der Waals surface area contributed by atoms with E-state index in [-0.39, 0.29) is 11.8 Å². The molecule has 3 aromatic carbocycles. The predicted octanol–water partition coefficient (Wildman–Crippen LogP) is 5.07. The van der Waals surface area contributed by atoms with Gasteiger partial charge in [0, 0.05) is 24.0 Å². The van der Waals surface area contributed by atoms with Crippen molar-refractivity contribution in [2.45, 2.75) is 26.4 Å². The number of carbonyl (C=O) groups excluding carboxylic acids is 2. The first-order valence-electron chi connectivity index (χ1n) is 9.95. The fraction of sp³-hybridized carbons (Fsp3) is 0.200. The van der Waals surface area contributed by atoms with Crippen LogP contribution < -0.4 is 15.0 Å². The molecule has 3 aromatic rings. The van der Waals surface area contributed by atoms with Crippen LogP contribution in [0.4, 0.5) is 11.4 Å². The minimum Gasteiger partial charge on any atom is -0.481 e. The van der Waals surface area contributed by atoms with E-state index in [0.29, 0.717) is 23.4 Å². The van der Waals surface area contributed by atoms with E-state index in [4.69, 9.17) is 4.74 Å². The summed E-state index contributed by atoms with van der Waals surface area (Å²) < 4.78 is 5.82. The second-order valence-electron chi connectivity index (χ2n) is 7.09. The van der Waals surface area contributed by atoms with Crippen LogP contribution in [0.5, 0.6) is 5.75 Å². The third-order valence-electron chi connectivity index (χ3n) is 4.81. The smallest absolute Gasteiger partial charge is 0.265 e. The predicted molar refractivity (Wildman–Crippen MR) is 120 cm³/mol. The number of aryl methyl sites for hydroxylation is 1. The monoisotopic (exact) mass is 402 g/mol. The van der Waals surface area contributed by atoms with E-state index in [2.05, 4.69) is 5.32 Å². The number of nitrogens with zero attached hydrogens (tertiary/aromatic N) is 1. The van der Waals surface area contributed by atoms with Gasteiger partial charge in [-0.3, -0.25) is 9.59 Å². The van der Waals surface area contributed by atoms with Gasteiger partial charge < -0.3 is 15.0 Å². The quantitative estimate of drug-likeness (QED) is 0.600. The number of ether oxygens (including phenoxy) is 1. The maximum atomic E-state index is 12.7. The molecular weight excluding hydrogens is 376 g/mol. The molecule has 0 saturated heterocycles. The number of rotatable bonds is 7. The second-order valence-corrected chi connectivity index (χ2v) is 7.09. The van der Waals surface area contributed by atoms with Crippen molar-refractivity contribution < 1.29 is 14.3 Å². The Labute approximate surface area is 177 Å². The Kier molecular flexibility index (Phi) is 6.86. The number of hydrogen-bond donors (Lipinski definition) is 1. The highest BCUT2D eigenvalue weighted by Gasteiger charge is 2.19. The van der Waals surface area contributed by atoms with Crippen LogP contribution in [0.3, 0.4) is 0 Å². The van der Waals surface area contributed by atoms with Gasteiger partial charge in [-0.1, -0.05) is 42.8 Å². The van der Waals surface area contributed by atoms with E-state index >= 15 is 0 Å². The topological polar surface area (TPSA) is 58.6 Å². The standard InChI is InChI=1S/C25H26N2O3/c1-4-23(30-22-16-10-18(2)11-17-22)24(28)26-20-14-12-19(13-15-20)25(29)27(3)21-8-6-5-7-9-21/h5-17,23H,4H2,1-3H3,(H,26,28). The zero-order valence-corrected chi connectivity index (χ0v) is 17.5. The molecule has 154 valence electrons. The summed E-state index contributed by atoms with van der Waals surface area (Å²) in [4.78, 5) is 26.9. The Bertz CT molecular complexity index is 983. The number of amides is 2. The number of hydrogen-bond acceptors (Lipinski definition) is 3. The highest BCUT2D eigenvalue weighted by Crippen LogP contribution is 2.18. The first kappa shape index (κ1) is 21.1. The van der Waals surface area contributed by atoms with Crippen molar-refractivity contribution >= 4 is 23.2 Å². The van der Waals surface area contributed by atoms with Crippen molar-refractivity contribution in [2.24, 2.45) is 0 Å².